The number of aromatic nitrogens is 3. The lowest BCUT2D eigenvalue weighted by Crippen LogP contribution is -2.49. The van der Waals surface area contributed by atoms with E-state index in [0.29, 0.717) is 5.82 Å². The van der Waals surface area contributed by atoms with Crippen molar-refractivity contribution in [1.29, 1.82) is 0 Å². The number of amides is 2. The molecule has 1 unspecified atom stereocenters. The zero-order chi connectivity index (χ0) is 20.6. The molecule has 1 atom stereocenters. The second-order valence-electron chi connectivity index (χ2n) is 6.92. The molecule has 1 aromatic carbocycles. The SMILES string of the molecule is CC(C)C(NC(=O)Cc1ccccc1)C(=O)NCc1nc(-c2ccncc2)no1. The Morgan fingerprint density at radius 2 is 1.79 bits per heavy atom. The fourth-order valence-electron chi connectivity index (χ4n) is 2.76. The van der Waals surface area contributed by atoms with Gasteiger partial charge in [-0.15, -0.1) is 0 Å². The Bertz CT molecular complexity index is 941. The molecule has 0 aliphatic heterocycles. The maximum Gasteiger partial charge on any atom is 0.246 e. The van der Waals surface area contributed by atoms with Crippen molar-refractivity contribution in [3.05, 3.63) is 66.3 Å². The van der Waals surface area contributed by atoms with Crippen LogP contribution in [0.2, 0.25) is 0 Å². The van der Waals surface area contributed by atoms with Crippen LogP contribution in [0.4, 0.5) is 0 Å². The smallest absolute Gasteiger partial charge is 0.246 e. The van der Waals surface area contributed by atoms with Gasteiger partial charge in [0.1, 0.15) is 6.04 Å². The molecule has 0 radical (unpaired) electrons. The van der Waals surface area contributed by atoms with Gasteiger partial charge in [-0.3, -0.25) is 14.6 Å². The third-order valence-corrected chi connectivity index (χ3v) is 4.29. The van der Waals surface area contributed by atoms with E-state index in [0.717, 1.165) is 11.1 Å². The highest BCUT2D eigenvalue weighted by molar-refractivity contribution is 5.88. The van der Waals surface area contributed by atoms with E-state index in [1.165, 1.54) is 0 Å². The Hall–Kier alpha value is -3.55. The number of nitrogens with one attached hydrogen (secondary N) is 2. The molecule has 0 aliphatic carbocycles. The predicted octanol–water partition coefficient (Wildman–Crippen LogP) is 2.13. The Morgan fingerprint density at radius 3 is 2.48 bits per heavy atom. The molecule has 3 aromatic rings. The Labute approximate surface area is 168 Å². The molecular formula is C21H23N5O3. The van der Waals surface area contributed by atoms with Gasteiger partial charge < -0.3 is 15.2 Å². The molecule has 8 heteroatoms. The molecule has 2 heterocycles. The summed E-state index contributed by atoms with van der Waals surface area (Å²) in [7, 11) is 0. The van der Waals surface area contributed by atoms with Crippen LogP contribution >= 0.6 is 0 Å². The number of pyridine rings is 1. The van der Waals surface area contributed by atoms with Gasteiger partial charge in [-0.25, -0.2) is 0 Å². The summed E-state index contributed by atoms with van der Waals surface area (Å²) < 4.78 is 5.19. The van der Waals surface area contributed by atoms with Crippen molar-refractivity contribution in [2.24, 2.45) is 5.92 Å². The summed E-state index contributed by atoms with van der Waals surface area (Å²) in [5.74, 6) is 0.120. The van der Waals surface area contributed by atoms with E-state index in [1.807, 2.05) is 44.2 Å². The summed E-state index contributed by atoms with van der Waals surface area (Å²) in [4.78, 5) is 33.1. The van der Waals surface area contributed by atoms with Gasteiger partial charge in [0.15, 0.2) is 0 Å². The number of hydrogen-bond donors (Lipinski definition) is 2. The highest BCUT2D eigenvalue weighted by Gasteiger charge is 2.24. The minimum Gasteiger partial charge on any atom is -0.345 e. The maximum absolute atomic E-state index is 12.6. The molecule has 8 nitrogen and oxygen atoms in total. The minimum atomic E-state index is -0.659. The van der Waals surface area contributed by atoms with E-state index in [2.05, 4.69) is 25.8 Å². The van der Waals surface area contributed by atoms with E-state index < -0.39 is 6.04 Å². The second-order valence-corrected chi connectivity index (χ2v) is 6.92. The van der Waals surface area contributed by atoms with Crippen LogP contribution in [0.3, 0.4) is 0 Å². The van der Waals surface area contributed by atoms with Crippen molar-refractivity contribution < 1.29 is 14.1 Å². The standard InChI is InChI=1S/C21H23N5O3/c1-14(2)19(24-17(27)12-15-6-4-3-5-7-15)21(28)23-13-18-25-20(26-29-18)16-8-10-22-11-9-16/h3-11,14,19H,12-13H2,1-2H3,(H,23,28)(H,24,27). The van der Waals surface area contributed by atoms with Gasteiger partial charge in [-0.05, 0) is 23.6 Å². The molecule has 3 rings (SSSR count). The minimum absolute atomic E-state index is 0.0781. The van der Waals surface area contributed by atoms with Crippen LogP contribution < -0.4 is 10.6 Å². The topological polar surface area (TPSA) is 110 Å². The molecule has 2 N–H and O–H groups in total. The molecule has 2 aromatic heterocycles. The van der Waals surface area contributed by atoms with Gasteiger partial charge in [0.2, 0.25) is 23.5 Å². The number of rotatable bonds is 8. The quantitative estimate of drug-likeness (QED) is 0.607. The van der Waals surface area contributed by atoms with Crippen LogP contribution in [0, 0.1) is 5.92 Å². The second kappa shape index (κ2) is 9.59. The van der Waals surface area contributed by atoms with E-state index in [9.17, 15) is 9.59 Å². The number of carbonyl (C=O) groups is 2. The maximum atomic E-state index is 12.6. The van der Waals surface area contributed by atoms with Gasteiger partial charge >= 0.3 is 0 Å². The Kier molecular flexibility index (Phi) is 6.67. The monoisotopic (exact) mass is 393 g/mol. The van der Waals surface area contributed by atoms with Gasteiger partial charge in [-0.2, -0.15) is 4.98 Å². The predicted molar refractivity (Wildman–Crippen MR) is 106 cm³/mol. The highest BCUT2D eigenvalue weighted by atomic mass is 16.5. The van der Waals surface area contributed by atoms with Crippen molar-refractivity contribution in [3.8, 4) is 11.4 Å². The lowest BCUT2D eigenvalue weighted by Gasteiger charge is -2.21. The number of hydrogen-bond acceptors (Lipinski definition) is 6. The molecule has 29 heavy (non-hydrogen) atoms. The summed E-state index contributed by atoms with van der Waals surface area (Å²) in [5.41, 5.74) is 1.66. The first-order valence-electron chi connectivity index (χ1n) is 9.37. The first kappa shape index (κ1) is 20.2. The van der Waals surface area contributed by atoms with E-state index in [1.54, 1.807) is 24.5 Å². The third-order valence-electron chi connectivity index (χ3n) is 4.29. The van der Waals surface area contributed by atoms with Crippen molar-refractivity contribution in [2.45, 2.75) is 32.9 Å². The summed E-state index contributed by atoms with van der Waals surface area (Å²) in [6.07, 6.45) is 3.49. The average molecular weight is 393 g/mol. The number of carbonyl (C=O) groups excluding carboxylic acids is 2. The normalized spacial score (nSPS) is 11.8. The Morgan fingerprint density at radius 1 is 1.07 bits per heavy atom. The summed E-state index contributed by atoms with van der Waals surface area (Å²) >= 11 is 0. The van der Waals surface area contributed by atoms with Crippen LogP contribution in [0.5, 0.6) is 0 Å². The molecule has 150 valence electrons. The van der Waals surface area contributed by atoms with Gasteiger partial charge in [0.25, 0.3) is 0 Å². The van der Waals surface area contributed by atoms with Gasteiger partial charge in [0, 0.05) is 18.0 Å². The lowest BCUT2D eigenvalue weighted by molar-refractivity contribution is -0.130. The van der Waals surface area contributed by atoms with Crippen LogP contribution in [0.25, 0.3) is 11.4 Å². The van der Waals surface area contributed by atoms with Crippen molar-refractivity contribution in [1.82, 2.24) is 25.8 Å². The molecular weight excluding hydrogens is 370 g/mol. The highest BCUT2D eigenvalue weighted by Crippen LogP contribution is 2.14. The number of nitrogens with zero attached hydrogens (tertiary/aromatic N) is 3. The summed E-state index contributed by atoms with van der Waals surface area (Å²) in [6.45, 7) is 3.83. The molecule has 0 saturated carbocycles. The molecule has 2 amide bonds. The van der Waals surface area contributed by atoms with E-state index in [4.69, 9.17) is 4.52 Å². The first-order chi connectivity index (χ1) is 14.0. The Balaban J connectivity index is 1.56. The van der Waals surface area contributed by atoms with E-state index >= 15 is 0 Å². The van der Waals surface area contributed by atoms with E-state index in [-0.39, 0.29) is 36.6 Å². The zero-order valence-electron chi connectivity index (χ0n) is 16.3. The fraction of sp³-hybridized carbons (Fsp3) is 0.286. The summed E-state index contributed by atoms with van der Waals surface area (Å²) in [6, 6.07) is 12.3. The first-order valence-corrected chi connectivity index (χ1v) is 9.37. The molecule has 0 bridgehead atoms. The van der Waals surface area contributed by atoms with Gasteiger partial charge in [-0.1, -0.05) is 49.3 Å². The zero-order valence-corrected chi connectivity index (χ0v) is 16.3. The van der Waals surface area contributed by atoms with Crippen molar-refractivity contribution in [3.63, 3.8) is 0 Å². The van der Waals surface area contributed by atoms with Crippen LogP contribution in [0.15, 0.2) is 59.4 Å². The van der Waals surface area contributed by atoms with Gasteiger partial charge in [0.05, 0.1) is 13.0 Å². The largest absolute Gasteiger partial charge is 0.345 e. The van der Waals surface area contributed by atoms with Crippen LogP contribution in [0.1, 0.15) is 25.3 Å². The molecule has 0 spiro atoms. The number of benzene rings is 1. The van der Waals surface area contributed by atoms with Crippen LogP contribution in [-0.4, -0.2) is 33.0 Å². The summed E-state index contributed by atoms with van der Waals surface area (Å²) in [5, 5.41) is 9.46. The molecule has 0 fully saturated rings. The lowest BCUT2D eigenvalue weighted by atomic mass is 10.0. The average Bonchev–Trinajstić information content (AvgIpc) is 3.20. The fourth-order valence-corrected chi connectivity index (χ4v) is 2.76. The molecule has 0 saturated heterocycles. The van der Waals surface area contributed by atoms with Crippen LogP contribution in [-0.2, 0) is 22.6 Å². The van der Waals surface area contributed by atoms with Crippen molar-refractivity contribution >= 4 is 11.8 Å². The van der Waals surface area contributed by atoms with Crippen molar-refractivity contribution in [2.75, 3.05) is 0 Å². The third kappa shape index (κ3) is 5.71. The molecule has 0 aliphatic rings.